The van der Waals surface area contributed by atoms with Crippen LogP contribution < -0.4 is 5.32 Å². The molecule has 6 heteroatoms. The first-order valence-electron chi connectivity index (χ1n) is 6.53. The molecule has 0 atom stereocenters. The predicted molar refractivity (Wildman–Crippen MR) is 66.8 cm³/mol. The molecule has 0 radical (unpaired) electrons. The molecular formula is C13H18N2O4. The lowest BCUT2D eigenvalue weighted by Crippen LogP contribution is -2.54. The van der Waals surface area contributed by atoms with E-state index in [4.69, 9.17) is 4.52 Å². The molecule has 2 N–H and O–H groups in total. The number of aryl methyl sites for hydroxylation is 1. The summed E-state index contributed by atoms with van der Waals surface area (Å²) in [5.74, 6) is -0.931. The van der Waals surface area contributed by atoms with E-state index >= 15 is 0 Å². The summed E-state index contributed by atoms with van der Waals surface area (Å²) in [5.41, 5.74) is -1.04. The molecular weight excluding hydrogens is 248 g/mol. The largest absolute Gasteiger partial charge is 0.480 e. The van der Waals surface area contributed by atoms with Gasteiger partial charge in [-0.05, 0) is 19.8 Å². The van der Waals surface area contributed by atoms with Gasteiger partial charge in [-0.25, -0.2) is 4.79 Å². The van der Waals surface area contributed by atoms with Crippen molar-refractivity contribution in [1.29, 1.82) is 0 Å². The molecule has 1 heterocycles. The summed E-state index contributed by atoms with van der Waals surface area (Å²) in [5, 5.41) is 15.7. The summed E-state index contributed by atoms with van der Waals surface area (Å²) in [6, 6.07) is 1.50. The van der Waals surface area contributed by atoms with E-state index in [1.54, 1.807) is 6.92 Å². The number of carbonyl (C=O) groups is 2. The van der Waals surface area contributed by atoms with Gasteiger partial charge in [-0.1, -0.05) is 30.8 Å². The first kappa shape index (κ1) is 13.6. The number of carboxylic acid groups (broad SMARTS) is 1. The number of carbonyl (C=O) groups excluding carboxylic acids is 1. The summed E-state index contributed by atoms with van der Waals surface area (Å²) in [7, 11) is 0. The average molecular weight is 266 g/mol. The standard InChI is InChI=1S/C13H18N2O4/c1-9-8-10(15-19-9)11(16)14-13(12(17)18)6-4-2-3-5-7-13/h8H,2-7H2,1H3,(H,14,16)(H,17,18). The Bertz CT molecular complexity index is 473. The van der Waals surface area contributed by atoms with Crippen LogP contribution in [0.1, 0.15) is 54.8 Å². The number of nitrogens with one attached hydrogen (secondary N) is 1. The van der Waals surface area contributed by atoms with E-state index in [0.29, 0.717) is 18.6 Å². The van der Waals surface area contributed by atoms with Gasteiger partial charge in [0.25, 0.3) is 5.91 Å². The molecule has 0 aliphatic heterocycles. The Morgan fingerprint density at radius 2 is 1.95 bits per heavy atom. The zero-order chi connectivity index (χ0) is 13.9. The lowest BCUT2D eigenvalue weighted by molar-refractivity contribution is -0.145. The number of carboxylic acids is 1. The van der Waals surface area contributed by atoms with Crippen LogP contribution in [0.4, 0.5) is 0 Å². The van der Waals surface area contributed by atoms with Gasteiger partial charge in [0.15, 0.2) is 5.69 Å². The van der Waals surface area contributed by atoms with Crippen LogP contribution in [0.25, 0.3) is 0 Å². The molecule has 1 aliphatic rings. The molecule has 2 rings (SSSR count). The van der Waals surface area contributed by atoms with Gasteiger partial charge in [0.05, 0.1) is 0 Å². The van der Waals surface area contributed by atoms with Crippen molar-refractivity contribution >= 4 is 11.9 Å². The summed E-state index contributed by atoms with van der Waals surface area (Å²) in [6.07, 6.45) is 4.56. The molecule has 0 saturated heterocycles. The molecule has 1 aromatic rings. The van der Waals surface area contributed by atoms with Crippen molar-refractivity contribution in [3.8, 4) is 0 Å². The predicted octanol–water partition coefficient (Wildman–Crippen LogP) is 1.89. The number of nitrogens with zero attached hydrogens (tertiary/aromatic N) is 1. The Morgan fingerprint density at radius 1 is 1.32 bits per heavy atom. The highest BCUT2D eigenvalue weighted by atomic mass is 16.5. The van der Waals surface area contributed by atoms with Crippen molar-refractivity contribution in [3.63, 3.8) is 0 Å². The van der Waals surface area contributed by atoms with E-state index in [9.17, 15) is 14.7 Å². The van der Waals surface area contributed by atoms with Crippen molar-refractivity contribution in [3.05, 3.63) is 17.5 Å². The number of aliphatic carboxylic acids is 1. The van der Waals surface area contributed by atoms with Crippen LogP contribution in [0.3, 0.4) is 0 Å². The second-order valence-electron chi connectivity index (χ2n) is 5.08. The van der Waals surface area contributed by atoms with Gasteiger partial charge in [-0.2, -0.15) is 0 Å². The third-order valence-electron chi connectivity index (χ3n) is 3.58. The Morgan fingerprint density at radius 3 is 2.42 bits per heavy atom. The summed E-state index contributed by atoms with van der Waals surface area (Å²) >= 11 is 0. The minimum absolute atomic E-state index is 0.127. The number of rotatable bonds is 3. The second kappa shape index (κ2) is 5.42. The van der Waals surface area contributed by atoms with Gasteiger partial charge < -0.3 is 14.9 Å². The number of amides is 1. The van der Waals surface area contributed by atoms with E-state index < -0.39 is 17.4 Å². The SMILES string of the molecule is Cc1cc(C(=O)NC2(C(=O)O)CCCCCC2)no1. The molecule has 1 aliphatic carbocycles. The van der Waals surface area contributed by atoms with E-state index in [2.05, 4.69) is 10.5 Å². The highest BCUT2D eigenvalue weighted by Gasteiger charge is 2.40. The van der Waals surface area contributed by atoms with Crippen molar-refractivity contribution < 1.29 is 19.2 Å². The molecule has 0 bridgehead atoms. The smallest absolute Gasteiger partial charge is 0.329 e. The molecule has 19 heavy (non-hydrogen) atoms. The second-order valence-corrected chi connectivity index (χ2v) is 5.08. The molecule has 1 aromatic heterocycles. The molecule has 0 spiro atoms. The summed E-state index contributed by atoms with van der Waals surface area (Å²) < 4.78 is 4.83. The van der Waals surface area contributed by atoms with Crippen molar-refractivity contribution in [2.75, 3.05) is 0 Å². The van der Waals surface area contributed by atoms with Gasteiger partial charge in [0.2, 0.25) is 0 Å². The molecule has 1 saturated carbocycles. The van der Waals surface area contributed by atoms with E-state index in [-0.39, 0.29) is 5.69 Å². The Labute approximate surface area is 111 Å². The average Bonchev–Trinajstić information content (AvgIpc) is 2.65. The fourth-order valence-corrected chi connectivity index (χ4v) is 2.48. The zero-order valence-corrected chi connectivity index (χ0v) is 10.9. The monoisotopic (exact) mass is 266 g/mol. The minimum Gasteiger partial charge on any atom is -0.480 e. The normalized spacial score (nSPS) is 18.6. The number of aromatic nitrogens is 1. The molecule has 6 nitrogen and oxygen atoms in total. The lowest BCUT2D eigenvalue weighted by Gasteiger charge is -2.28. The molecule has 0 aromatic carbocycles. The fourth-order valence-electron chi connectivity index (χ4n) is 2.48. The van der Waals surface area contributed by atoms with Crippen molar-refractivity contribution in [1.82, 2.24) is 10.5 Å². The highest BCUT2D eigenvalue weighted by Crippen LogP contribution is 2.27. The first-order chi connectivity index (χ1) is 9.03. The van der Waals surface area contributed by atoms with Crippen LogP contribution >= 0.6 is 0 Å². The Hall–Kier alpha value is -1.85. The minimum atomic E-state index is -1.17. The molecule has 0 unspecified atom stereocenters. The number of hydrogen-bond donors (Lipinski definition) is 2. The van der Waals surface area contributed by atoms with Crippen LogP contribution in [0.15, 0.2) is 10.6 Å². The van der Waals surface area contributed by atoms with E-state index in [0.717, 1.165) is 25.7 Å². The summed E-state index contributed by atoms with van der Waals surface area (Å²) in [6.45, 7) is 1.68. The topological polar surface area (TPSA) is 92.4 Å². The van der Waals surface area contributed by atoms with E-state index in [1.165, 1.54) is 6.07 Å². The van der Waals surface area contributed by atoms with Gasteiger partial charge in [0, 0.05) is 6.07 Å². The van der Waals surface area contributed by atoms with Crippen LogP contribution in [0.2, 0.25) is 0 Å². The number of hydrogen-bond acceptors (Lipinski definition) is 4. The maximum atomic E-state index is 12.1. The quantitative estimate of drug-likeness (QED) is 0.815. The maximum Gasteiger partial charge on any atom is 0.329 e. The van der Waals surface area contributed by atoms with Crippen LogP contribution in [0.5, 0.6) is 0 Å². The molecule has 1 amide bonds. The van der Waals surface area contributed by atoms with Gasteiger partial charge in [-0.15, -0.1) is 0 Å². The maximum absolute atomic E-state index is 12.1. The van der Waals surface area contributed by atoms with Crippen molar-refractivity contribution in [2.45, 2.75) is 51.0 Å². The van der Waals surface area contributed by atoms with Gasteiger partial charge in [0.1, 0.15) is 11.3 Å². The van der Waals surface area contributed by atoms with Crippen LogP contribution in [0, 0.1) is 6.92 Å². The first-order valence-corrected chi connectivity index (χ1v) is 6.53. The van der Waals surface area contributed by atoms with Crippen LogP contribution in [-0.2, 0) is 4.79 Å². The van der Waals surface area contributed by atoms with Gasteiger partial charge >= 0.3 is 5.97 Å². The summed E-state index contributed by atoms with van der Waals surface area (Å²) in [4.78, 5) is 23.6. The van der Waals surface area contributed by atoms with Crippen LogP contribution in [-0.4, -0.2) is 27.7 Å². The third-order valence-corrected chi connectivity index (χ3v) is 3.58. The lowest BCUT2D eigenvalue weighted by atomic mass is 9.90. The Balaban J connectivity index is 2.16. The third kappa shape index (κ3) is 2.94. The fraction of sp³-hybridized carbons (Fsp3) is 0.615. The van der Waals surface area contributed by atoms with Crippen molar-refractivity contribution in [2.24, 2.45) is 0 Å². The van der Waals surface area contributed by atoms with Gasteiger partial charge in [-0.3, -0.25) is 4.79 Å². The Kier molecular flexibility index (Phi) is 3.87. The molecule has 104 valence electrons. The molecule has 1 fully saturated rings. The van der Waals surface area contributed by atoms with E-state index in [1.807, 2.05) is 0 Å². The zero-order valence-electron chi connectivity index (χ0n) is 10.9. The highest BCUT2D eigenvalue weighted by molar-refractivity contribution is 5.96.